The Hall–Kier alpha value is -2.64. The average molecular weight is 345 g/mol. The first kappa shape index (κ1) is 17.2. The minimum Gasteiger partial charge on any atom is -0.347 e. The van der Waals surface area contributed by atoms with Gasteiger partial charge in [0.05, 0.1) is 5.69 Å². The summed E-state index contributed by atoms with van der Waals surface area (Å²) in [6.45, 7) is 6.67. The summed E-state index contributed by atoms with van der Waals surface area (Å²) in [5, 5.41) is 2.74. The summed E-state index contributed by atoms with van der Waals surface area (Å²) < 4.78 is 1.89. The van der Waals surface area contributed by atoms with Crippen molar-refractivity contribution in [3.05, 3.63) is 29.9 Å². The zero-order chi connectivity index (χ0) is 17.8. The SMILES string of the molecule is C=CCNC(=O)c1nc(C(=O)N2CCN(C=O)CC2)n2c1CCCC2. The van der Waals surface area contributed by atoms with E-state index in [0.717, 1.165) is 31.4 Å². The van der Waals surface area contributed by atoms with Gasteiger partial charge in [-0.3, -0.25) is 14.4 Å². The highest BCUT2D eigenvalue weighted by Gasteiger charge is 2.30. The molecule has 1 fully saturated rings. The number of aromatic nitrogens is 2. The van der Waals surface area contributed by atoms with Crippen LogP contribution < -0.4 is 5.32 Å². The zero-order valence-electron chi connectivity index (χ0n) is 14.2. The van der Waals surface area contributed by atoms with Crippen molar-refractivity contribution in [2.45, 2.75) is 25.8 Å². The topological polar surface area (TPSA) is 87.5 Å². The van der Waals surface area contributed by atoms with Crippen LogP contribution in [0.3, 0.4) is 0 Å². The normalized spacial score (nSPS) is 17.0. The third-order valence-electron chi connectivity index (χ3n) is 4.68. The molecule has 3 amide bonds. The van der Waals surface area contributed by atoms with Gasteiger partial charge in [0.1, 0.15) is 5.69 Å². The van der Waals surface area contributed by atoms with Crippen LogP contribution in [0.15, 0.2) is 12.7 Å². The van der Waals surface area contributed by atoms with Gasteiger partial charge < -0.3 is 19.7 Å². The smallest absolute Gasteiger partial charge is 0.290 e. The fourth-order valence-corrected chi connectivity index (χ4v) is 3.31. The van der Waals surface area contributed by atoms with E-state index in [1.165, 1.54) is 0 Å². The van der Waals surface area contributed by atoms with E-state index in [1.807, 2.05) is 4.57 Å². The molecule has 8 heteroatoms. The number of hydrogen-bond acceptors (Lipinski definition) is 4. The lowest BCUT2D eigenvalue weighted by atomic mass is 10.1. The molecule has 0 spiro atoms. The molecular formula is C17H23N5O3. The van der Waals surface area contributed by atoms with Crippen molar-refractivity contribution >= 4 is 18.2 Å². The van der Waals surface area contributed by atoms with E-state index >= 15 is 0 Å². The number of carbonyl (C=O) groups is 3. The molecule has 134 valence electrons. The van der Waals surface area contributed by atoms with E-state index in [0.29, 0.717) is 50.8 Å². The summed E-state index contributed by atoms with van der Waals surface area (Å²) in [6, 6.07) is 0. The van der Waals surface area contributed by atoms with Crippen molar-refractivity contribution in [1.82, 2.24) is 24.7 Å². The monoisotopic (exact) mass is 345 g/mol. The number of hydrogen-bond donors (Lipinski definition) is 1. The minimum atomic E-state index is -0.268. The van der Waals surface area contributed by atoms with Gasteiger partial charge in [0.2, 0.25) is 6.41 Å². The van der Waals surface area contributed by atoms with E-state index in [4.69, 9.17) is 0 Å². The van der Waals surface area contributed by atoms with Crippen molar-refractivity contribution in [1.29, 1.82) is 0 Å². The Labute approximate surface area is 146 Å². The van der Waals surface area contributed by atoms with Gasteiger partial charge in [-0.1, -0.05) is 6.08 Å². The lowest BCUT2D eigenvalue weighted by Gasteiger charge is -2.32. The largest absolute Gasteiger partial charge is 0.347 e. The molecule has 3 heterocycles. The Balaban J connectivity index is 1.84. The molecular weight excluding hydrogens is 322 g/mol. The first-order valence-electron chi connectivity index (χ1n) is 8.62. The molecule has 2 aliphatic rings. The Morgan fingerprint density at radius 1 is 1.16 bits per heavy atom. The molecule has 8 nitrogen and oxygen atoms in total. The molecule has 0 unspecified atom stereocenters. The van der Waals surface area contributed by atoms with Gasteiger partial charge in [-0.25, -0.2) is 4.98 Å². The van der Waals surface area contributed by atoms with Gasteiger partial charge in [-0.15, -0.1) is 6.58 Å². The van der Waals surface area contributed by atoms with Crippen LogP contribution in [-0.2, 0) is 17.8 Å². The molecule has 0 saturated carbocycles. The number of fused-ring (bicyclic) bond motifs is 1. The maximum absolute atomic E-state index is 12.9. The predicted octanol–water partition coefficient (Wildman–Crippen LogP) is 0.0494. The Morgan fingerprint density at radius 2 is 1.92 bits per heavy atom. The predicted molar refractivity (Wildman–Crippen MR) is 91.2 cm³/mol. The van der Waals surface area contributed by atoms with Crippen LogP contribution >= 0.6 is 0 Å². The Morgan fingerprint density at radius 3 is 2.60 bits per heavy atom. The number of amides is 3. The lowest BCUT2D eigenvalue weighted by Crippen LogP contribution is -2.48. The van der Waals surface area contributed by atoms with Crippen molar-refractivity contribution in [3.63, 3.8) is 0 Å². The standard InChI is InChI=1S/C17H23N5O3/c1-2-6-18-16(24)14-13-5-3-4-7-22(13)15(19-14)17(25)21-10-8-20(12-23)9-11-21/h2,12H,1,3-11H2,(H,18,24). The number of rotatable bonds is 5. The van der Waals surface area contributed by atoms with E-state index in [9.17, 15) is 14.4 Å². The van der Waals surface area contributed by atoms with Gasteiger partial charge in [0.25, 0.3) is 11.8 Å². The van der Waals surface area contributed by atoms with E-state index in [2.05, 4.69) is 16.9 Å². The molecule has 3 rings (SSSR count). The van der Waals surface area contributed by atoms with Crippen molar-refractivity contribution in [3.8, 4) is 0 Å². The number of nitrogens with zero attached hydrogens (tertiary/aromatic N) is 4. The van der Waals surface area contributed by atoms with Crippen LogP contribution in [0, 0.1) is 0 Å². The molecule has 0 aromatic carbocycles. The average Bonchev–Trinajstić information content (AvgIpc) is 3.05. The Bertz CT molecular complexity index is 689. The van der Waals surface area contributed by atoms with Crippen molar-refractivity contribution in [2.75, 3.05) is 32.7 Å². The maximum atomic E-state index is 12.9. The molecule has 0 aliphatic carbocycles. The summed E-state index contributed by atoms with van der Waals surface area (Å²) in [5.74, 6) is -0.107. The van der Waals surface area contributed by atoms with Crippen molar-refractivity contribution in [2.24, 2.45) is 0 Å². The summed E-state index contributed by atoms with van der Waals surface area (Å²) in [4.78, 5) is 43.8. The van der Waals surface area contributed by atoms with Crippen LogP contribution in [-0.4, -0.2) is 70.3 Å². The lowest BCUT2D eigenvalue weighted by molar-refractivity contribution is -0.119. The maximum Gasteiger partial charge on any atom is 0.290 e. The van der Waals surface area contributed by atoms with Crippen LogP contribution in [0.4, 0.5) is 0 Å². The van der Waals surface area contributed by atoms with Crippen LogP contribution in [0.25, 0.3) is 0 Å². The third-order valence-corrected chi connectivity index (χ3v) is 4.68. The van der Waals surface area contributed by atoms with Crippen LogP contribution in [0.1, 0.15) is 39.6 Å². The summed E-state index contributed by atoms with van der Waals surface area (Å²) >= 11 is 0. The third kappa shape index (κ3) is 3.42. The van der Waals surface area contributed by atoms with Gasteiger partial charge >= 0.3 is 0 Å². The number of imidazole rings is 1. The molecule has 0 bridgehead atoms. The number of carbonyl (C=O) groups excluding carboxylic acids is 3. The second-order valence-corrected chi connectivity index (χ2v) is 6.27. The number of nitrogens with one attached hydrogen (secondary N) is 1. The zero-order valence-corrected chi connectivity index (χ0v) is 14.2. The minimum absolute atomic E-state index is 0.170. The molecule has 1 aromatic rings. The molecule has 0 atom stereocenters. The highest BCUT2D eigenvalue weighted by Crippen LogP contribution is 2.22. The first-order chi connectivity index (χ1) is 12.2. The fourth-order valence-electron chi connectivity index (χ4n) is 3.31. The molecule has 0 radical (unpaired) electrons. The van der Waals surface area contributed by atoms with Crippen molar-refractivity contribution < 1.29 is 14.4 Å². The molecule has 25 heavy (non-hydrogen) atoms. The van der Waals surface area contributed by atoms with Gasteiger partial charge in [-0.2, -0.15) is 0 Å². The van der Waals surface area contributed by atoms with Crippen LogP contribution in [0.2, 0.25) is 0 Å². The number of piperazine rings is 1. The second kappa shape index (κ2) is 7.50. The highest BCUT2D eigenvalue weighted by atomic mass is 16.2. The van der Waals surface area contributed by atoms with Gasteiger partial charge in [-0.05, 0) is 19.3 Å². The quantitative estimate of drug-likeness (QED) is 0.603. The molecule has 1 N–H and O–H groups in total. The molecule has 1 aromatic heterocycles. The summed E-state index contributed by atoms with van der Waals surface area (Å²) in [7, 11) is 0. The fraction of sp³-hybridized carbons (Fsp3) is 0.529. The molecule has 2 aliphatic heterocycles. The van der Waals surface area contributed by atoms with E-state index in [1.54, 1.807) is 15.9 Å². The first-order valence-corrected chi connectivity index (χ1v) is 8.62. The van der Waals surface area contributed by atoms with Gasteiger partial charge in [0.15, 0.2) is 5.82 Å². The van der Waals surface area contributed by atoms with E-state index in [-0.39, 0.29) is 11.8 Å². The second-order valence-electron chi connectivity index (χ2n) is 6.27. The van der Waals surface area contributed by atoms with Crippen LogP contribution in [0.5, 0.6) is 0 Å². The summed E-state index contributed by atoms with van der Waals surface area (Å²) in [5.41, 5.74) is 1.18. The van der Waals surface area contributed by atoms with Gasteiger partial charge in [0, 0.05) is 39.3 Å². The Kier molecular flexibility index (Phi) is 5.16. The molecule has 1 saturated heterocycles. The van der Waals surface area contributed by atoms with E-state index < -0.39 is 0 Å². The highest BCUT2D eigenvalue weighted by molar-refractivity contribution is 5.97. The summed E-state index contributed by atoms with van der Waals surface area (Å²) in [6.07, 6.45) is 5.12.